The summed E-state index contributed by atoms with van der Waals surface area (Å²) in [5.41, 5.74) is 0. The van der Waals surface area contributed by atoms with E-state index in [0.717, 1.165) is 6.42 Å². The van der Waals surface area contributed by atoms with Gasteiger partial charge in [-0.25, -0.2) is 0 Å². The van der Waals surface area contributed by atoms with E-state index in [1.165, 1.54) is 62.3 Å². The first-order chi connectivity index (χ1) is 7.31. The van der Waals surface area contributed by atoms with Crippen LogP contribution in [-0.4, -0.2) is 0 Å². The topological polar surface area (TPSA) is 0 Å². The largest absolute Gasteiger partial charge is 0.0746 e. The number of rotatable bonds is 10. The van der Waals surface area contributed by atoms with Gasteiger partial charge >= 0.3 is 0 Å². The molecule has 0 aliphatic rings. The van der Waals surface area contributed by atoms with Crippen LogP contribution in [-0.2, 0) is 0 Å². The van der Waals surface area contributed by atoms with E-state index in [2.05, 4.69) is 35.9 Å². The van der Waals surface area contributed by atoms with E-state index >= 15 is 0 Å². The summed E-state index contributed by atoms with van der Waals surface area (Å²) in [7, 11) is 0. The molecule has 15 heavy (non-hydrogen) atoms. The van der Waals surface area contributed by atoms with Gasteiger partial charge in [-0.05, 0) is 23.7 Å². The summed E-state index contributed by atoms with van der Waals surface area (Å²) in [6, 6.07) is 0. The molecular formula is C14H27Br. The molecule has 0 bridgehead atoms. The molecule has 0 amide bonds. The summed E-state index contributed by atoms with van der Waals surface area (Å²) in [6.45, 7) is 4.46. The Morgan fingerprint density at radius 2 is 1.40 bits per heavy atom. The van der Waals surface area contributed by atoms with E-state index in [9.17, 15) is 0 Å². The smallest absolute Gasteiger partial charge is 0.00893 e. The maximum Gasteiger partial charge on any atom is -0.00893 e. The zero-order valence-corrected chi connectivity index (χ0v) is 12.1. The molecule has 0 radical (unpaired) electrons. The first kappa shape index (κ1) is 15.2. The minimum atomic E-state index is 1.15. The summed E-state index contributed by atoms with van der Waals surface area (Å²) < 4.78 is 1.40. The van der Waals surface area contributed by atoms with Gasteiger partial charge in [0.15, 0.2) is 0 Å². The molecule has 0 saturated heterocycles. The van der Waals surface area contributed by atoms with Crippen molar-refractivity contribution in [3.05, 3.63) is 10.6 Å². The molecule has 0 spiro atoms. The maximum absolute atomic E-state index is 3.60. The van der Waals surface area contributed by atoms with Gasteiger partial charge in [0.25, 0.3) is 0 Å². The van der Waals surface area contributed by atoms with E-state index in [4.69, 9.17) is 0 Å². The van der Waals surface area contributed by atoms with E-state index in [1.54, 1.807) is 0 Å². The predicted molar refractivity (Wildman–Crippen MR) is 74.5 cm³/mol. The molecule has 0 fully saturated rings. The molecule has 0 aromatic carbocycles. The number of halogens is 1. The van der Waals surface area contributed by atoms with Crippen molar-refractivity contribution in [2.24, 2.45) is 0 Å². The quantitative estimate of drug-likeness (QED) is 0.416. The van der Waals surface area contributed by atoms with Gasteiger partial charge in [-0.15, -0.1) is 0 Å². The molecule has 0 aromatic heterocycles. The van der Waals surface area contributed by atoms with Crippen molar-refractivity contribution in [2.45, 2.75) is 78.1 Å². The molecule has 0 heterocycles. The fraction of sp³-hybridized carbons (Fsp3) is 0.857. The van der Waals surface area contributed by atoms with Gasteiger partial charge in [-0.2, -0.15) is 0 Å². The van der Waals surface area contributed by atoms with Crippen LogP contribution >= 0.6 is 15.9 Å². The normalized spacial score (nSPS) is 12.1. The second-order valence-corrected chi connectivity index (χ2v) is 5.30. The Morgan fingerprint density at radius 1 is 0.867 bits per heavy atom. The van der Waals surface area contributed by atoms with Crippen LogP contribution in [0.4, 0.5) is 0 Å². The minimum absolute atomic E-state index is 1.15. The highest BCUT2D eigenvalue weighted by atomic mass is 79.9. The van der Waals surface area contributed by atoms with Crippen molar-refractivity contribution in [2.75, 3.05) is 0 Å². The molecule has 0 rings (SSSR count). The summed E-state index contributed by atoms with van der Waals surface area (Å²) >= 11 is 3.60. The first-order valence-electron chi connectivity index (χ1n) is 6.65. The van der Waals surface area contributed by atoms with Gasteiger partial charge in [-0.3, -0.25) is 0 Å². The van der Waals surface area contributed by atoms with Crippen LogP contribution in [0.3, 0.4) is 0 Å². The van der Waals surface area contributed by atoms with Crippen molar-refractivity contribution < 1.29 is 0 Å². The third-order valence-electron chi connectivity index (χ3n) is 2.69. The fourth-order valence-corrected chi connectivity index (χ4v) is 2.36. The van der Waals surface area contributed by atoms with Crippen LogP contribution < -0.4 is 0 Å². The second-order valence-electron chi connectivity index (χ2n) is 4.28. The molecule has 0 aromatic rings. The lowest BCUT2D eigenvalue weighted by Gasteiger charge is -2.01. The van der Waals surface area contributed by atoms with Crippen LogP contribution in [0.1, 0.15) is 78.1 Å². The zero-order chi connectivity index (χ0) is 11.4. The van der Waals surface area contributed by atoms with Crippen molar-refractivity contribution in [1.29, 1.82) is 0 Å². The summed E-state index contributed by atoms with van der Waals surface area (Å²) in [5.74, 6) is 0. The van der Waals surface area contributed by atoms with E-state index in [0.29, 0.717) is 0 Å². The van der Waals surface area contributed by atoms with E-state index in [-0.39, 0.29) is 0 Å². The highest BCUT2D eigenvalue weighted by Gasteiger charge is 1.93. The minimum Gasteiger partial charge on any atom is -0.0746 e. The molecule has 0 atom stereocenters. The average Bonchev–Trinajstić information content (AvgIpc) is 2.22. The Balaban J connectivity index is 3.08. The van der Waals surface area contributed by atoms with Crippen LogP contribution in [0.5, 0.6) is 0 Å². The molecule has 0 saturated carbocycles. The summed E-state index contributed by atoms with van der Waals surface area (Å²) in [4.78, 5) is 0. The van der Waals surface area contributed by atoms with Gasteiger partial charge in [0.2, 0.25) is 0 Å². The fourth-order valence-electron chi connectivity index (χ4n) is 1.75. The Bertz CT molecular complexity index is 149. The van der Waals surface area contributed by atoms with Crippen molar-refractivity contribution in [3.8, 4) is 0 Å². The Kier molecular flexibility index (Phi) is 12.5. The number of allylic oxidation sites excluding steroid dienone is 2. The number of hydrogen-bond donors (Lipinski definition) is 0. The lowest BCUT2D eigenvalue weighted by atomic mass is 10.1. The van der Waals surface area contributed by atoms with Crippen LogP contribution in [0.25, 0.3) is 0 Å². The monoisotopic (exact) mass is 274 g/mol. The van der Waals surface area contributed by atoms with E-state index in [1.807, 2.05) is 0 Å². The number of unbranched alkanes of at least 4 members (excludes halogenated alkanes) is 7. The first-order valence-corrected chi connectivity index (χ1v) is 7.45. The summed E-state index contributed by atoms with van der Waals surface area (Å²) in [6.07, 6.45) is 16.0. The van der Waals surface area contributed by atoms with Crippen LogP contribution in [0, 0.1) is 0 Å². The van der Waals surface area contributed by atoms with Crippen molar-refractivity contribution in [3.63, 3.8) is 0 Å². The van der Waals surface area contributed by atoms with Gasteiger partial charge in [-0.1, -0.05) is 80.8 Å². The van der Waals surface area contributed by atoms with Gasteiger partial charge in [0, 0.05) is 0 Å². The molecule has 90 valence electrons. The highest BCUT2D eigenvalue weighted by Crippen LogP contribution is 2.17. The lowest BCUT2D eigenvalue weighted by Crippen LogP contribution is -1.81. The second kappa shape index (κ2) is 12.3. The standard InChI is InChI=1S/C14H27Br/c1-3-5-6-7-8-9-10-11-13-14(15)12-4-2/h12H,3-11,13H2,1-2H3. The molecule has 0 nitrogen and oxygen atoms in total. The predicted octanol–water partition coefficient (Wildman–Crippen LogP) is 6.21. The van der Waals surface area contributed by atoms with Gasteiger partial charge < -0.3 is 0 Å². The van der Waals surface area contributed by atoms with E-state index < -0.39 is 0 Å². The van der Waals surface area contributed by atoms with Gasteiger partial charge in [0.1, 0.15) is 0 Å². The van der Waals surface area contributed by atoms with Gasteiger partial charge in [0.05, 0.1) is 0 Å². The average molecular weight is 275 g/mol. The Morgan fingerprint density at radius 3 is 1.93 bits per heavy atom. The third-order valence-corrected chi connectivity index (χ3v) is 3.42. The third kappa shape index (κ3) is 12.2. The van der Waals surface area contributed by atoms with Crippen LogP contribution in [0.2, 0.25) is 0 Å². The maximum atomic E-state index is 3.60. The molecule has 1 heteroatoms. The molecule has 0 N–H and O–H groups in total. The SMILES string of the molecule is CCC=C(Br)CCCCCCCCCC. The molecule has 0 unspecified atom stereocenters. The molecular weight excluding hydrogens is 248 g/mol. The highest BCUT2D eigenvalue weighted by molar-refractivity contribution is 9.11. The number of hydrogen-bond acceptors (Lipinski definition) is 0. The molecule has 0 aliphatic carbocycles. The molecule has 0 aliphatic heterocycles. The zero-order valence-electron chi connectivity index (χ0n) is 10.5. The lowest BCUT2D eigenvalue weighted by molar-refractivity contribution is 0.577. The Labute approximate surface area is 105 Å². The van der Waals surface area contributed by atoms with Crippen LogP contribution in [0.15, 0.2) is 10.6 Å². The van der Waals surface area contributed by atoms with Crippen molar-refractivity contribution in [1.82, 2.24) is 0 Å². The summed E-state index contributed by atoms with van der Waals surface area (Å²) in [5, 5.41) is 0. The Hall–Kier alpha value is 0.220. The van der Waals surface area contributed by atoms with Crippen molar-refractivity contribution >= 4 is 15.9 Å².